The molecule has 9 heteroatoms. The van der Waals surface area contributed by atoms with Gasteiger partial charge in [0.25, 0.3) is 0 Å². The number of hydrogen-bond acceptors (Lipinski definition) is 7. The van der Waals surface area contributed by atoms with Crippen LogP contribution in [0, 0.1) is 50.2 Å². The van der Waals surface area contributed by atoms with Gasteiger partial charge in [0.05, 0.1) is 16.4 Å². The molecule has 7 nitrogen and oxygen atoms in total. The van der Waals surface area contributed by atoms with E-state index in [2.05, 4.69) is 59.7 Å². The average Bonchev–Trinajstić information content (AvgIpc) is 3.24. The molecule has 6 rings (SSSR count). The first-order valence-electron chi connectivity index (χ1n) is 17.6. The van der Waals surface area contributed by atoms with E-state index < -0.39 is 17.4 Å². The summed E-state index contributed by atoms with van der Waals surface area (Å²) in [6.07, 6.45) is 12.6. The number of amides is 1. The average molecular weight is 671 g/mol. The summed E-state index contributed by atoms with van der Waals surface area (Å²) in [5, 5.41) is 14.9. The number of nitrogens with zero attached hydrogens (tertiary/aromatic N) is 2. The van der Waals surface area contributed by atoms with Gasteiger partial charge in [0, 0.05) is 5.41 Å². The number of thiocarbonyl (C=S) groups is 1. The van der Waals surface area contributed by atoms with Crippen LogP contribution in [-0.4, -0.2) is 49.7 Å². The van der Waals surface area contributed by atoms with Gasteiger partial charge in [-0.25, -0.2) is 4.79 Å². The molecule has 46 heavy (non-hydrogen) atoms. The first-order valence-corrected chi connectivity index (χ1v) is 18.9. The zero-order valence-corrected chi connectivity index (χ0v) is 30.8. The Labute approximate surface area is 285 Å². The summed E-state index contributed by atoms with van der Waals surface area (Å²) >= 11 is 6.69. The van der Waals surface area contributed by atoms with E-state index in [1.165, 1.54) is 22.2 Å². The maximum atomic E-state index is 12.9. The largest absolute Gasteiger partial charge is 0.481 e. The molecule has 1 heterocycles. The van der Waals surface area contributed by atoms with Crippen molar-refractivity contribution in [1.29, 1.82) is 0 Å². The Bertz CT molecular complexity index is 1420. The minimum absolute atomic E-state index is 0.0162. The molecule has 0 aromatic heterocycles. The fourth-order valence-corrected chi connectivity index (χ4v) is 13.2. The van der Waals surface area contributed by atoms with Gasteiger partial charge >= 0.3 is 11.9 Å². The van der Waals surface area contributed by atoms with Gasteiger partial charge in [-0.15, -0.1) is 0 Å². The van der Waals surface area contributed by atoms with Crippen LogP contribution in [0.2, 0.25) is 0 Å². The van der Waals surface area contributed by atoms with Crippen molar-refractivity contribution in [3.63, 3.8) is 0 Å². The summed E-state index contributed by atoms with van der Waals surface area (Å²) in [6, 6.07) is 0. The number of carbonyl (C=O) groups excluding carboxylic acids is 2. The van der Waals surface area contributed by atoms with Crippen LogP contribution < -0.4 is 0 Å². The molecule has 8 atom stereocenters. The lowest BCUT2D eigenvalue weighted by Crippen LogP contribution is -2.64. The summed E-state index contributed by atoms with van der Waals surface area (Å²) in [5.74, 6) is -0.288. The molecule has 0 aromatic rings. The quantitative estimate of drug-likeness (QED) is 0.136. The Hall–Kier alpha value is -1.74. The molecular weight excluding hydrogens is 617 g/mol. The highest BCUT2D eigenvalue weighted by Gasteiger charge is 2.69. The Morgan fingerprint density at radius 3 is 2.39 bits per heavy atom. The molecule has 0 radical (unpaired) electrons. The second-order valence-corrected chi connectivity index (χ2v) is 19.4. The number of thioether (sulfide) groups is 1. The van der Waals surface area contributed by atoms with Crippen LogP contribution in [0.4, 0.5) is 0 Å². The zero-order valence-electron chi connectivity index (χ0n) is 29.2. The summed E-state index contributed by atoms with van der Waals surface area (Å²) in [4.78, 5) is 45.3. The number of hydrogen-bond donors (Lipinski definition) is 1. The summed E-state index contributed by atoms with van der Waals surface area (Å²) in [5.41, 5.74) is 1.82. The normalized spacial score (nSPS) is 43.6. The molecule has 1 aliphatic heterocycles. The molecule has 1 saturated heterocycles. The van der Waals surface area contributed by atoms with Crippen molar-refractivity contribution in [1.82, 2.24) is 4.90 Å². The number of rotatable bonds is 5. The first-order chi connectivity index (χ1) is 21.4. The lowest BCUT2D eigenvalue weighted by atomic mass is 9.33. The number of allylic oxidation sites excluding steroid dienone is 2. The molecule has 5 fully saturated rings. The highest BCUT2D eigenvalue weighted by Crippen LogP contribution is 2.75. The SMILES string of the molecule is CC[C@H]1SC(=S)N(CC(=O)O/N=C2/CC[C@]3(C)[C@H]4CC=C5[C@H]6CC(C)(C)CC[C@]6(C(=O)O)CC[C@@]5(C)[C@]4(C)CC[C@H]3C2(C)C)C1=O. The predicted octanol–water partition coefficient (Wildman–Crippen LogP) is 8.41. The highest BCUT2D eigenvalue weighted by molar-refractivity contribution is 8.24. The van der Waals surface area contributed by atoms with E-state index in [0.717, 1.165) is 69.9 Å². The molecule has 1 amide bonds. The smallest absolute Gasteiger partial charge is 0.354 e. The molecule has 0 unspecified atom stereocenters. The number of oxime groups is 1. The Morgan fingerprint density at radius 1 is 1.04 bits per heavy atom. The van der Waals surface area contributed by atoms with E-state index in [1.807, 2.05) is 6.92 Å². The molecule has 254 valence electrons. The third-order valence-electron chi connectivity index (χ3n) is 14.8. The van der Waals surface area contributed by atoms with E-state index in [1.54, 1.807) is 0 Å². The lowest BCUT2D eigenvalue weighted by molar-refractivity contribution is -0.179. The molecule has 0 spiro atoms. The van der Waals surface area contributed by atoms with Gasteiger partial charge in [-0.05, 0) is 110 Å². The van der Waals surface area contributed by atoms with Crippen molar-refractivity contribution in [2.24, 2.45) is 55.4 Å². The summed E-state index contributed by atoms with van der Waals surface area (Å²) in [6.45, 7) is 18.5. The Balaban J connectivity index is 1.24. The van der Waals surface area contributed by atoms with Gasteiger partial charge in [-0.2, -0.15) is 0 Å². The van der Waals surface area contributed by atoms with Crippen LogP contribution in [0.5, 0.6) is 0 Å². The van der Waals surface area contributed by atoms with E-state index >= 15 is 0 Å². The molecule has 5 aliphatic carbocycles. The Kier molecular flexibility index (Phi) is 8.27. The van der Waals surface area contributed by atoms with E-state index in [-0.39, 0.29) is 50.7 Å². The van der Waals surface area contributed by atoms with Crippen molar-refractivity contribution in [3.8, 4) is 0 Å². The van der Waals surface area contributed by atoms with Crippen LogP contribution >= 0.6 is 24.0 Å². The van der Waals surface area contributed by atoms with Gasteiger partial charge in [0.2, 0.25) is 5.91 Å². The van der Waals surface area contributed by atoms with Crippen LogP contribution in [0.25, 0.3) is 0 Å². The topological polar surface area (TPSA) is 96.3 Å². The number of aliphatic carboxylic acids is 1. The van der Waals surface area contributed by atoms with E-state index in [9.17, 15) is 19.5 Å². The van der Waals surface area contributed by atoms with Crippen molar-refractivity contribution in [3.05, 3.63) is 11.6 Å². The van der Waals surface area contributed by atoms with Gasteiger partial charge in [0.1, 0.15) is 10.9 Å². The van der Waals surface area contributed by atoms with Gasteiger partial charge in [-0.1, -0.05) is 96.2 Å². The van der Waals surface area contributed by atoms with Crippen molar-refractivity contribution in [2.75, 3.05) is 6.54 Å². The van der Waals surface area contributed by atoms with Crippen molar-refractivity contribution < 1.29 is 24.3 Å². The summed E-state index contributed by atoms with van der Waals surface area (Å²) in [7, 11) is 0. The third kappa shape index (κ3) is 4.81. The van der Waals surface area contributed by atoms with Crippen molar-refractivity contribution >= 4 is 51.9 Å². The second-order valence-electron chi connectivity index (χ2n) is 17.6. The third-order valence-corrected chi connectivity index (χ3v) is 16.5. The molecule has 6 aliphatic rings. The van der Waals surface area contributed by atoms with Gasteiger partial charge in [0.15, 0.2) is 0 Å². The predicted molar refractivity (Wildman–Crippen MR) is 186 cm³/mol. The fraction of sp³-hybridized carbons (Fsp3) is 0.811. The molecule has 4 saturated carbocycles. The number of carbonyl (C=O) groups is 3. The maximum Gasteiger partial charge on any atom is 0.354 e. The van der Waals surface area contributed by atoms with Gasteiger partial charge < -0.3 is 9.94 Å². The van der Waals surface area contributed by atoms with Crippen LogP contribution in [-0.2, 0) is 19.2 Å². The minimum atomic E-state index is -0.621. The summed E-state index contributed by atoms with van der Waals surface area (Å²) < 4.78 is 0.428. The Morgan fingerprint density at radius 2 is 1.74 bits per heavy atom. The van der Waals surface area contributed by atoms with Crippen molar-refractivity contribution in [2.45, 2.75) is 131 Å². The van der Waals surface area contributed by atoms with Crippen LogP contribution in [0.1, 0.15) is 126 Å². The van der Waals surface area contributed by atoms with E-state index in [4.69, 9.17) is 17.1 Å². The van der Waals surface area contributed by atoms with Crippen LogP contribution in [0.3, 0.4) is 0 Å². The second kappa shape index (κ2) is 11.1. The monoisotopic (exact) mass is 670 g/mol. The highest BCUT2D eigenvalue weighted by atomic mass is 32.2. The van der Waals surface area contributed by atoms with Gasteiger partial charge in [-0.3, -0.25) is 14.5 Å². The molecule has 1 N–H and O–H groups in total. The number of carboxylic acids is 1. The molecule has 0 bridgehead atoms. The van der Waals surface area contributed by atoms with E-state index in [0.29, 0.717) is 22.6 Å². The standard InChI is InChI=1S/C37H54N2O5S2/c1-9-24-29(41)39(31(45)46-24)21-28(40)44-38-27-13-14-34(6)25(33(27,4)5)12-15-36(8)26(34)11-10-22-23-20-32(2,3)16-18-37(23,30(42)43)19-17-35(22,36)7/h10,23-26H,9,11-21H2,1-8H3,(H,42,43)/b38-27-/t23-,24-,25+,26-,34+,35-,36-,37+/m1/s1. The minimum Gasteiger partial charge on any atom is -0.481 e. The zero-order chi connectivity index (χ0) is 33.7. The maximum absolute atomic E-state index is 12.9. The molecular formula is C37H54N2O5S2. The fourth-order valence-electron chi connectivity index (χ4n) is 11.8. The first kappa shape index (κ1) is 34.1. The lowest BCUT2D eigenvalue weighted by Gasteiger charge is -2.70. The number of carboxylic acid groups (broad SMARTS) is 1. The molecule has 0 aromatic carbocycles. The number of fused-ring (bicyclic) bond motifs is 7. The van der Waals surface area contributed by atoms with Crippen LogP contribution in [0.15, 0.2) is 16.8 Å².